The van der Waals surface area contributed by atoms with Crippen LogP contribution in [0, 0.1) is 52.3 Å². The van der Waals surface area contributed by atoms with Gasteiger partial charge in [0.15, 0.2) is 0 Å². The Morgan fingerprint density at radius 2 is 1.37 bits per heavy atom. The van der Waals surface area contributed by atoms with Crippen molar-refractivity contribution in [2.45, 2.75) is 65.7 Å². The van der Waals surface area contributed by atoms with E-state index < -0.39 is 0 Å². The average Bonchev–Trinajstić information content (AvgIpc) is 2.33. The third-order valence-corrected chi connectivity index (χ3v) is 8.13. The molecule has 0 nitrogen and oxygen atoms in total. The maximum Gasteiger partial charge on any atom is -0.0228 e. The van der Waals surface area contributed by atoms with E-state index in [2.05, 4.69) is 20.8 Å². The standard InChI is InChI=1S/C19H30/c1-18(2,3)10-19-9-12-5-14-13-4-11(7-16(14)19)8-17(19)15(13)6-12/h11-17H,4-10H2,1-3H3. The lowest BCUT2D eigenvalue weighted by Crippen LogP contribution is -2.68. The van der Waals surface area contributed by atoms with Crippen molar-refractivity contribution in [2.24, 2.45) is 52.3 Å². The molecule has 0 aromatic heterocycles. The Labute approximate surface area is 118 Å². The normalized spacial score (nSPS) is 61.1. The highest BCUT2D eigenvalue weighted by Gasteiger charge is 2.69. The molecule has 0 N–H and O–H groups in total. The molecule has 0 aromatic carbocycles. The number of hydrogen-bond donors (Lipinski definition) is 0. The number of rotatable bonds is 1. The molecule has 0 aromatic rings. The summed E-state index contributed by atoms with van der Waals surface area (Å²) in [5, 5.41) is 0. The molecule has 0 amide bonds. The van der Waals surface area contributed by atoms with Crippen molar-refractivity contribution < 1.29 is 0 Å². The first kappa shape index (κ1) is 11.6. The summed E-state index contributed by atoms with van der Waals surface area (Å²) in [6.45, 7) is 7.51. The van der Waals surface area contributed by atoms with Gasteiger partial charge >= 0.3 is 0 Å². The van der Waals surface area contributed by atoms with Crippen molar-refractivity contribution in [2.75, 3.05) is 0 Å². The van der Waals surface area contributed by atoms with Crippen LogP contribution in [-0.2, 0) is 0 Å². The zero-order valence-corrected chi connectivity index (χ0v) is 13.0. The molecular weight excluding hydrogens is 228 g/mol. The third-order valence-electron chi connectivity index (χ3n) is 8.13. The fourth-order valence-electron chi connectivity index (χ4n) is 8.48. The Bertz CT molecular complexity index is 390. The second kappa shape index (κ2) is 3.25. The molecule has 0 radical (unpaired) electrons. The van der Waals surface area contributed by atoms with E-state index in [0.29, 0.717) is 5.41 Å². The predicted octanol–water partition coefficient (Wildman–Crippen LogP) is 5.13. The first-order valence-electron chi connectivity index (χ1n) is 8.96. The van der Waals surface area contributed by atoms with Crippen molar-refractivity contribution >= 4 is 0 Å². The zero-order valence-electron chi connectivity index (χ0n) is 13.0. The molecule has 7 saturated carbocycles. The van der Waals surface area contributed by atoms with E-state index in [4.69, 9.17) is 0 Å². The van der Waals surface area contributed by atoms with Gasteiger partial charge in [0.05, 0.1) is 0 Å². The van der Waals surface area contributed by atoms with Crippen molar-refractivity contribution in [3.05, 3.63) is 0 Å². The van der Waals surface area contributed by atoms with Crippen LogP contribution in [0.1, 0.15) is 65.7 Å². The molecule has 106 valence electrons. The maximum absolute atomic E-state index is 2.50. The van der Waals surface area contributed by atoms with Gasteiger partial charge in [-0.2, -0.15) is 0 Å². The van der Waals surface area contributed by atoms with Gasteiger partial charge < -0.3 is 0 Å². The molecule has 4 unspecified atom stereocenters. The highest BCUT2D eigenvalue weighted by Crippen LogP contribution is 2.77. The highest BCUT2D eigenvalue weighted by atomic mass is 14.7. The monoisotopic (exact) mass is 258 g/mol. The minimum Gasteiger partial charge on any atom is -0.0602 e. The molecule has 0 heterocycles. The first-order chi connectivity index (χ1) is 8.96. The molecule has 7 rings (SSSR count). The fraction of sp³-hybridized carbons (Fsp3) is 1.00. The van der Waals surface area contributed by atoms with Crippen molar-refractivity contribution in [1.29, 1.82) is 0 Å². The average molecular weight is 258 g/mol. The molecule has 0 saturated heterocycles. The SMILES string of the molecule is CC(C)(C)CC12CC3CC4C5CC(CC41)CC2C5C3. The predicted molar refractivity (Wildman–Crippen MR) is 78.6 cm³/mol. The Morgan fingerprint density at radius 1 is 0.789 bits per heavy atom. The Hall–Kier alpha value is 0. The zero-order chi connectivity index (χ0) is 13.0. The molecule has 0 aliphatic heterocycles. The van der Waals surface area contributed by atoms with Crippen LogP contribution in [0.15, 0.2) is 0 Å². The van der Waals surface area contributed by atoms with Gasteiger partial charge in [0.1, 0.15) is 0 Å². The summed E-state index contributed by atoms with van der Waals surface area (Å²) in [5.74, 6) is 8.13. The van der Waals surface area contributed by atoms with Gasteiger partial charge in [0, 0.05) is 0 Å². The second-order valence-electron chi connectivity index (χ2n) is 10.3. The number of hydrogen-bond acceptors (Lipinski definition) is 0. The molecule has 7 fully saturated rings. The van der Waals surface area contributed by atoms with Gasteiger partial charge in [-0.05, 0) is 97.2 Å². The quantitative estimate of drug-likeness (QED) is 0.611. The van der Waals surface area contributed by atoms with Crippen LogP contribution in [0.3, 0.4) is 0 Å². The topological polar surface area (TPSA) is 0 Å². The lowest BCUT2D eigenvalue weighted by atomic mass is 9.30. The maximum atomic E-state index is 2.50. The summed E-state index contributed by atoms with van der Waals surface area (Å²) >= 11 is 0. The van der Waals surface area contributed by atoms with Crippen LogP contribution in [0.2, 0.25) is 0 Å². The lowest BCUT2D eigenvalue weighted by molar-refractivity contribution is -0.264. The molecule has 0 heteroatoms. The molecule has 7 aliphatic rings. The largest absolute Gasteiger partial charge is 0.0602 e. The van der Waals surface area contributed by atoms with Crippen LogP contribution in [0.5, 0.6) is 0 Å². The van der Waals surface area contributed by atoms with Gasteiger partial charge in [-0.3, -0.25) is 0 Å². The van der Waals surface area contributed by atoms with Crippen molar-refractivity contribution in [3.8, 4) is 0 Å². The minimum absolute atomic E-state index is 0.545. The summed E-state index contributed by atoms with van der Waals surface area (Å²) in [6.07, 6.45) is 11.3. The van der Waals surface area contributed by atoms with E-state index >= 15 is 0 Å². The molecule has 7 aliphatic carbocycles. The highest BCUT2D eigenvalue weighted by molar-refractivity contribution is 5.18. The Balaban J connectivity index is 1.62. The van der Waals surface area contributed by atoms with Crippen LogP contribution < -0.4 is 0 Å². The van der Waals surface area contributed by atoms with E-state index in [1.807, 2.05) is 0 Å². The van der Waals surface area contributed by atoms with E-state index in [0.717, 1.165) is 29.1 Å². The third kappa shape index (κ3) is 1.32. The van der Waals surface area contributed by atoms with Crippen molar-refractivity contribution in [1.82, 2.24) is 0 Å². The second-order valence-corrected chi connectivity index (χ2v) is 10.3. The van der Waals surface area contributed by atoms with Gasteiger partial charge in [0.2, 0.25) is 0 Å². The molecular formula is C19H30. The van der Waals surface area contributed by atoms with Crippen molar-refractivity contribution in [3.63, 3.8) is 0 Å². The summed E-state index contributed by atoms with van der Waals surface area (Å²) < 4.78 is 0. The van der Waals surface area contributed by atoms with E-state index in [1.54, 1.807) is 38.5 Å². The Kier molecular flexibility index (Phi) is 1.99. The van der Waals surface area contributed by atoms with Gasteiger partial charge in [0.25, 0.3) is 0 Å². The summed E-state index contributed by atoms with van der Waals surface area (Å²) in [5.41, 5.74) is 1.35. The lowest BCUT2D eigenvalue weighted by Gasteiger charge is -2.75. The van der Waals surface area contributed by atoms with E-state index in [-0.39, 0.29) is 0 Å². The van der Waals surface area contributed by atoms with Gasteiger partial charge in [-0.1, -0.05) is 20.8 Å². The van der Waals surface area contributed by atoms with Crippen LogP contribution in [0.25, 0.3) is 0 Å². The summed E-state index contributed by atoms with van der Waals surface area (Å²) in [4.78, 5) is 0. The van der Waals surface area contributed by atoms with Crippen LogP contribution in [0.4, 0.5) is 0 Å². The first-order valence-corrected chi connectivity index (χ1v) is 8.96. The fourth-order valence-corrected chi connectivity index (χ4v) is 8.48. The Morgan fingerprint density at radius 3 is 1.95 bits per heavy atom. The van der Waals surface area contributed by atoms with Crippen LogP contribution >= 0.6 is 0 Å². The minimum atomic E-state index is 0.545. The molecule has 19 heavy (non-hydrogen) atoms. The molecule has 0 spiro atoms. The van der Waals surface area contributed by atoms with Gasteiger partial charge in [-0.25, -0.2) is 0 Å². The smallest absolute Gasteiger partial charge is 0.0228 e. The van der Waals surface area contributed by atoms with E-state index in [1.165, 1.54) is 24.2 Å². The summed E-state index contributed by atoms with van der Waals surface area (Å²) in [7, 11) is 0. The van der Waals surface area contributed by atoms with Crippen LogP contribution in [-0.4, -0.2) is 0 Å². The molecule has 4 atom stereocenters. The summed E-state index contributed by atoms with van der Waals surface area (Å²) in [6, 6.07) is 0. The van der Waals surface area contributed by atoms with E-state index in [9.17, 15) is 0 Å². The van der Waals surface area contributed by atoms with Gasteiger partial charge in [-0.15, -0.1) is 0 Å². The molecule has 8 bridgehead atoms.